The van der Waals surface area contributed by atoms with E-state index in [1.807, 2.05) is 0 Å². The fraction of sp³-hybridized carbons (Fsp3) is 0.467. The number of ketones is 1. The molecular formula is C15H14F3NO3. The molecule has 1 aliphatic heterocycles. The van der Waals surface area contributed by atoms with Crippen LogP contribution >= 0.6 is 0 Å². The molecule has 0 spiro atoms. The van der Waals surface area contributed by atoms with Gasteiger partial charge in [0.2, 0.25) is 5.91 Å². The van der Waals surface area contributed by atoms with E-state index in [1.54, 1.807) is 0 Å². The first-order valence-electron chi connectivity index (χ1n) is 7.00. The highest BCUT2D eigenvalue weighted by atomic mass is 19.4. The van der Waals surface area contributed by atoms with Crippen LogP contribution in [0, 0.1) is 5.92 Å². The Hall–Kier alpha value is -2.05. The third kappa shape index (κ3) is 2.67. The maximum Gasteiger partial charge on any atom is 0.416 e. The van der Waals surface area contributed by atoms with Crippen molar-refractivity contribution in [1.29, 1.82) is 0 Å². The third-order valence-corrected chi connectivity index (χ3v) is 4.04. The van der Waals surface area contributed by atoms with Gasteiger partial charge in [-0.25, -0.2) is 0 Å². The smallest absolute Gasteiger partial charge is 0.416 e. The molecular weight excluding hydrogens is 299 g/mol. The van der Waals surface area contributed by atoms with Crippen molar-refractivity contribution in [2.45, 2.75) is 32.0 Å². The largest absolute Gasteiger partial charge is 0.473 e. The van der Waals surface area contributed by atoms with Gasteiger partial charge in [-0.05, 0) is 31.0 Å². The molecule has 1 heterocycles. The zero-order chi connectivity index (χ0) is 15.9. The lowest BCUT2D eigenvalue weighted by molar-refractivity contribution is -0.143. The van der Waals surface area contributed by atoms with Gasteiger partial charge in [-0.15, -0.1) is 0 Å². The summed E-state index contributed by atoms with van der Waals surface area (Å²) in [6.07, 6.45) is -2.87. The highest BCUT2D eigenvalue weighted by molar-refractivity contribution is 6.02. The van der Waals surface area contributed by atoms with Crippen LogP contribution in [0.4, 0.5) is 13.2 Å². The van der Waals surface area contributed by atoms with Gasteiger partial charge in [-0.3, -0.25) is 9.59 Å². The SMILES string of the molecule is O=C1CCCC1C(=O)N1COc2ccc(C(F)(F)F)cc2C1. The second-order valence-electron chi connectivity index (χ2n) is 5.54. The molecule has 1 fully saturated rings. The highest BCUT2D eigenvalue weighted by Gasteiger charge is 2.36. The van der Waals surface area contributed by atoms with E-state index in [0.29, 0.717) is 30.6 Å². The zero-order valence-electron chi connectivity index (χ0n) is 11.7. The van der Waals surface area contributed by atoms with Crippen LogP contribution in [-0.2, 0) is 22.3 Å². The van der Waals surface area contributed by atoms with Gasteiger partial charge in [0.1, 0.15) is 11.5 Å². The summed E-state index contributed by atoms with van der Waals surface area (Å²) < 4.78 is 43.6. The molecule has 1 aromatic rings. The Morgan fingerprint density at radius 3 is 2.73 bits per heavy atom. The highest BCUT2D eigenvalue weighted by Crippen LogP contribution is 2.35. The summed E-state index contributed by atoms with van der Waals surface area (Å²) in [5, 5.41) is 0. The standard InChI is InChI=1S/C15H14F3NO3/c16-15(17,18)10-4-5-13-9(6-10)7-19(8-22-13)14(21)11-2-1-3-12(11)20/h4-6,11H,1-3,7-8H2. The minimum atomic E-state index is -4.44. The molecule has 1 saturated carbocycles. The van der Waals surface area contributed by atoms with E-state index in [1.165, 1.54) is 11.0 Å². The number of amides is 1. The van der Waals surface area contributed by atoms with Crippen molar-refractivity contribution in [3.63, 3.8) is 0 Å². The number of nitrogens with zero attached hydrogens (tertiary/aromatic N) is 1. The number of hydrogen-bond acceptors (Lipinski definition) is 3. The Bertz CT molecular complexity index is 627. The van der Waals surface area contributed by atoms with Crippen molar-refractivity contribution in [1.82, 2.24) is 4.90 Å². The van der Waals surface area contributed by atoms with Crippen LogP contribution in [0.2, 0.25) is 0 Å². The average molecular weight is 313 g/mol. The number of ether oxygens (including phenoxy) is 1. The van der Waals surface area contributed by atoms with Crippen molar-refractivity contribution in [3.05, 3.63) is 29.3 Å². The molecule has 118 valence electrons. The molecule has 0 N–H and O–H groups in total. The summed E-state index contributed by atoms with van der Waals surface area (Å²) >= 11 is 0. The number of halogens is 3. The van der Waals surface area contributed by atoms with E-state index in [9.17, 15) is 22.8 Å². The van der Waals surface area contributed by atoms with Crippen LogP contribution in [0.25, 0.3) is 0 Å². The Morgan fingerprint density at radius 1 is 1.32 bits per heavy atom. The van der Waals surface area contributed by atoms with Gasteiger partial charge < -0.3 is 9.64 Å². The summed E-state index contributed by atoms with van der Waals surface area (Å²) in [6, 6.07) is 3.21. The Balaban J connectivity index is 1.80. The molecule has 1 aromatic carbocycles. The number of benzene rings is 1. The minimum Gasteiger partial charge on any atom is -0.473 e. The van der Waals surface area contributed by atoms with Crippen molar-refractivity contribution in [2.75, 3.05) is 6.73 Å². The number of carbonyl (C=O) groups is 2. The second kappa shape index (κ2) is 5.30. The van der Waals surface area contributed by atoms with Crippen LogP contribution < -0.4 is 4.74 Å². The fourth-order valence-corrected chi connectivity index (χ4v) is 2.86. The van der Waals surface area contributed by atoms with Gasteiger partial charge in [0.25, 0.3) is 0 Å². The minimum absolute atomic E-state index is 0.0296. The monoisotopic (exact) mass is 313 g/mol. The number of carbonyl (C=O) groups excluding carboxylic acids is 2. The quantitative estimate of drug-likeness (QED) is 0.749. The number of fused-ring (bicyclic) bond motifs is 1. The van der Waals surface area contributed by atoms with E-state index in [0.717, 1.165) is 12.1 Å². The molecule has 1 amide bonds. The van der Waals surface area contributed by atoms with Gasteiger partial charge in [0, 0.05) is 12.0 Å². The van der Waals surface area contributed by atoms with Crippen LogP contribution in [-0.4, -0.2) is 23.3 Å². The van der Waals surface area contributed by atoms with Gasteiger partial charge in [0.15, 0.2) is 6.73 Å². The van der Waals surface area contributed by atoms with Crippen LogP contribution in [0.3, 0.4) is 0 Å². The van der Waals surface area contributed by atoms with E-state index < -0.39 is 17.7 Å². The zero-order valence-corrected chi connectivity index (χ0v) is 11.7. The molecule has 0 aromatic heterocycles. The Labute approximate surface area is 124 Å². The molecule has 2 aliphatic rings. The first kappa shape index (κ1) is 14.9. The molecule has 22 heavy (non-hydrogen) atoms. The van der Waals surface area contributed by atoms with E-state index in [-0.39, 0.29) is 25.0 Å². The van der Waals surface area contributed by atoms with Gasteiger partial charge in [0.05, 0.1) is 18.0 Å². The Morgan fingerprint density at radius 2 is 2.09 bits per heavy atom. The number of alkyl halides is 3. The summed E-state index contributed by atoms with van der Waals surface area (Å²) in [6.45, 7) is -0.0111. The molecule has 0 radical (unpaired) electrons. The normalized spacial score (nSPS) is 21.5. The van der Waals surface area contributed by atoms with Crippen molar-refractivity contribution in [3.8, 4) is 5.75 Å². The predicted octanol–water partition coefficient (Wildman–Crippen LogP) is 2.75. The topological polar surface area (TPSA) is 46.6 Å². The summed E-state index contributed by atoms with van der Waals surface area (Å²) in [7, 11) is 0. The number of hydrogen-bond donors (Lipinski definition) is 0. The molecule has 7 heteroatoms. The molecule has 1 atom stereocenters. The first-order valence-corrected chi connectivity index (χ1v) is 7.00. The summed E-state index contributed by atoms with van der Waals surface area (Å²) in [5.41, 5.74) is -0.471. The van der Waals surface area contributed by atoms with Gasteiger partial charge in [-0.1, -0.05) is 0 Å². The first-order chi connectivity index (χ1) is 10.4. The lowest BCUT2D eigenvalue weighted by atomic mass is 10.0. The molecule has 0 bridgehead atoms. The van der Waals surface area contributed by atoms with Gasteiger partial charge >= 0.3 is 6.18 Å². The van der Waals surface area contributed by atoms with Crippen molar-refractivity contribution < 1.29 is 27.5 Å². The van der Waals surface area contributed by atoms with E-state index in [4.69, 9.17) is 4.74 Å². The summed E-state index contributed by atoms with van der Waals surface area (Å²) in [5.74, 6) is -0.781. The second-order valence-corrected chi connectivity index (χ2v) is 5.54. The molecule has 1 unspecified atom stereocenters. The van der Waals surface area contributed by atoms with E-state index in [2.05, 4.69) is 0 Å². The molecule has 0 saturated heterocycles. The van der Waals surface area contributed by atoms with Crippen LogP contribution in [0.1, 0.15) is 30.4 Å². The molecule has 3 rings (SSSR count). The van der Waals surface area contributed by atoms with E-state index >= 15 is 0 Å². The summed E-state index contributed by atoms with van der Waals surface area (Å²) in [4.78, 5) is 25.3. The van der Waals surface area contributed by atoms with Crippen LogP contribution in [0.15, 0.2) is 18.2 Å². The van der Waals surface area contributed by atoms with Crippen molar-refractivity contribution >= 4 is 11.7 Å². The number of Topliss-reactive ketones (excluding diaryl/α,β-unsaturated/α-hetero) is 1. The lowest BCUT2D eigenvalue weighted by Crippen LogP contribution is -2.41. The average Bonchev–Trinajstić information content (AvgIpc) is 2.90. The molecule has 1 aliphatic carbocycles. The molecule has 4 nitrogen and oxygen atoms in total. The number of rotatable bonds is 1. The van der Waals surface area contributed by atoms with Crippen molar-refractivity contribution in [2.24, 2.45) is 5.92 Å². The maximum absolute atomic E-state index is 12.7. The van der Waals surface area contributed by atoms with Crippen LogP contribution in [0.5, 0.6) is 5.75 Å². The third-order valence-electron chi connectivity index (χ3n) is 4.04. The maximum atomic E-state index is 12.7. The predicted molar refractivity (Wildman–Crippen MR) is 69.8 cm³/mol. The fourth-order valence-electron chi connectivity index (χ4n) is 2.86. The van der Waals surface area contributed by atoms with Gasteiger partial charge in [-0.2, -0.15) is 13.2 Å². The lowest BCUT2D eigenvalue weighted by Gasteiger charge is -2.31. The Kier molecular flexibility index (Phi) is 3.58.